The Morgan fingerprint density at radius 3 is 2.65 bits per heavy atom. The summed E-state index contributed by atoms with van der Waals surface area (Å²) < 4.78 is 23.1. The lowest BCUT2D eigenvalue weighted by atomic mass is 10.2. The monoisotopic (exact) mass is 336 g/mol. The van der Waals surface area contributed by atoms with Crippen molar-refractivity contribution in [2.75, 3.05) is 38.2 Å². The summed E-state index contributed by atoms with van der Waals surface area (Å²) >= 11 is 1.47. The third kappa shape index (κ3) is 3.79. The van der Waals surface area contributed by atoms with Crippen molar-refractivity contribution in [1.29, 1.82) is 0 Å². The van der Waals surface area contributed by atoms with Crippen LogP contribution in [0.4, 0.5) is 9.52 Å². The zero-order chi connectivity index (χ0) is 16.2. The van der Waals surface area contributed by atoms with Gasteiger partial charge in [-0.2, -0.15) is 4.37 Å². The predicted molar refractivity (Wildman–Crippen MR) is 89.7 cm³/mol. The molecular formula is C16H21FN4OS. The van der Waals surface area contributed by atoms with Gasteiger partial charge in [-0.1, -0.05) is 13.0 Å². The van der Waals surface area contributed by atoms with Crippen LogP contribution in [0.2, 0.25) is 0 Å². The first-order chi connectivity index (χ1) is 11.2. The van der Waals surface area contributed by atoms with Crippen LogP contribution in [0, 0.1) is 5.82 Å². The van der Waals surface area contributed by atoms with Gasteiger partial charge in [-0.3, -0.25) is 4.90 Å². The molecule has 7 heteroatoms. The van der Waals surface area contributed by atoms with E-state index in [1.165, 1.54) is 18.6 Å². The van der Waals surface area contributed by atoms with Crippen LogP contribution in [0.1, 0.15) is 18.3 Å². The molecule has 2 aromatic rings. The average Bonchev–Trinajstić information content (AvgIpc) is 3.05. The highest BCUT2D eigenvalue weighted by Gasteiger charge is 2.20. The lowest BCUT2D eigenvalue weighted by molar-refractivity contribution is 0.249. The van der Waals surface area contributed by atoms with E-state index in [2.05, 4.69) is 26.1 Å². The summed E-state index contributed by atoms with van der Waals surface area (Å²) in [7, 11) is 1.48. The molecule has 1 aromatic carbocycles. The van der Waals surface area contributed by atoms with Crippen molar-refractivity contribution >= 4 is 16.7 Å². The average molecular weight is 336 g/mol. The van der Waals surface area contributed by atoms with E-state index in [9.17, 15) is 4.39 Å². The number of hydrogen-bond donors (Lipinski definition) is 0. The number of anilines is 1. The van der Waals surface area contributed by atoms with Gasteiger partial charge in [0.1, 0.15) is 5.82 Å². The van der Waals surface area contributed by atoms with Crippen molar-refractivity contribution in [1.82, 2.24) is 14.3 Å². The highest BCUT2D eigenvalue weighted by molar-refractivity contribution is 7.09. The van der Waals surface area contributed by atoms with E-state index in [1.54, 1.807) is 12.1 Å². The molecule has 0 amide bonds. The molecular weight excluding hydrogens is 315 g/mol. The van der Waals surface area contributed by atoms with Gasteiger partial charge in [-0.15, -0.1) is 0 Å². The quantitative estimate of drug-likeness (QED) is 0.839. The van der Waals surface area contributed by atoms with Gasteiger partial charge in [0.15, 0.2) is 11.6 Å². The second kappa shape index (κ2) is 7.23. The Labute approximate surface area is 139 Å². The molecule has 0 saturated carbocycles. The van der Waals surface area contributed by atoms with E-state index in [0.717, 1.165) is 55.7 Å². The zero-order valence-corrected chi connectivity index (χ0v) is 14.3. The summed E-state index contributed by atoms with van der Waals surface area (Å²) in [6, 6.07) is 5.17. The second-order valence-corrected chi connectivity index (χ2v) is 6.31. The van der Waals surface area contributed by atoms with Crippen LogP contribution in [0.25, 0.3) is 0 Å². The summed E-state index contributed by atoms with van der Waals surface area (Å²) in [4.78, 5) is 9.16. The number of halogens is 1. The van der Waals surface area contributed by atoms with E-state index in [4.69, 9.17) is 4.74 Å². The van der Waals surface area contributed by atoms with Crippen LogP contribution in [0.5, 0.6) is 5.75 Å². The number of aryl methyl sites for hydroxylation is 1. The Hall–Kier alpha value is -1.73. The summed E-state index contributed by atoms with van der Waals surface area (Å²) in [6.45, 7) is 6.56. The van der Waals surface area contributed by atoms with E-state index in [0.29, 0.717) is 5.75 Å². The van der Waals surface area contributed by atoms with E-state index in [-0.39, 0.29) is 5.82 Å². The van der Waals surface area contributed by atoms with Gasteiger partial charge in [0.2, 0.25) is 5.13 Å². The van der Waals surface area contributed by atoms with Crippen molar-refractivity contribution in [2.24, 2.45) is 0 Å². The number of aromatic nitrogens is 2. The van der Waals surface area contributed by atoms with Gasteiger partial charge in [-0.05, 0) is 17.7 Å². The summed E-state index contributed by atoms with van der Waals surface area (Å²) in [6.07, 6.45) is 0.875. The zero-order valence-electron chi connectivity index (χ0n) is 13.5. The van der Waals surface area contributed by atoms with Crippen molar-refractivity contribution < 1.29 is 9.13 Å². The minimum Gasteiger partial charge on any atom is -0.494 e. The van der Waals surface area contributed by atoms with Crippen LogP contribution < -0.4 is 9.64 Å². The van der Waals surface area contributed by atoms with Crippen LogP contribution in [0.3, 0.4) is 0 Å². The van der Waals surface area contributed by atoms with Crippen molar-refractivity contribution in [3.8, 4) is 5.75 Å². The smallest absolute Gasteiger partial charge is 0.205 e. The van der Waals surface area contributed by atoms with Gasteiger partial charge < -0.3 is 9.64 Å². The highest BCUT2D eigenvalue weighted by Crippen LogP contribution is 2.21. The summed E-state index contributed by atoms with van der Waals surface area (Å²) in [5.74, 6) is 0.910. The van der Waals surface area contributed by atoms with Gasteiger partial charge in [-0.25, -0.2) is 9.37 Å². The third-order valence-corrected chi connectivity index (χ3v) is 4.85. The number of nitrogens with zero attached hydrogens (tertiary/aromatic N) is 4. The fraction of sp³-hybridized carbons (Fsp3) is 0.500. The number of methoxy groups -OCH3 is 1. The molecule has 0 radical (unpaired) electrons. The normalized spacial score (nSPS) is 15.9. The largest absolute Gasteiger partial charge is 0.494 e. The topological polar surface area (TPSA) is 41.5 Å². The van der Waals surface area contributed by atoms with Crippen molar-refractivity contribution in [3.05, 3.63) is 35.4 Å². The van der Waals surface area contributed by atoms with E-state index >= 15 is 0 Å². The number of benzene rings is 1. The summed E-state index contributed by atoms with van der Waals surface area (Å²) in [5.41, 5.74) is 0.973. The number of hydrogen-bond acceptors (Lipinski definition) is 6. The third-order valence-electron chi connectivity index (χ3n) is 4.04. The summed E-state index contributed by atoms with van der Waals surface area (Å²) in [5, 5.41) is 1.01. The lowest BCUT2D eigenvalue weighted by Crippen LogP contribution is -2.45. The molecule has 3 rings (SSSR count). The predicted octanol–water partition coefficient (Wildman–Crippen LogP) is 2.57. The first-order valence-corrected chi connectivity index (χ1v) is 8.59. The fourth-order valence-electron chi connectivity index (χ4n) is 2.68. The molecule has 23 heavy (non-hydrogen) atoms. The maximum Gasteiger partial charge on any atom is 0.205 e. The number of ether oxygens (including phenoxy) is 1. The van der Waals surface area contributed by atoms with Crippen LogP contribution in [-0.4, -0.2) is 47.5 Å². The second-order valence-electron chi connectivity index (χ2n) is 5.58. The highest BCUT2D eigenvalue weighted by atomic mass is 32.1. The van der Waals surface area contributed by atoms with E-state index < -0.39 is 0 Å². The maximum absolute atomic E-state index is 13.8. The molecule has 1 saturated heterocycles. The Bertz CT molecular complexity index is 655. The molecule has 1 aromatic heterocycles. The maximum atomic E-state index is 13.8. The molecule has 1 fully saturated rings. The molecule has 0 aliphatic carbocycles. The molecule has 1 aliphatic rings. The molecule has 0 spiro atoms. The number of piperazine rings is 1. The van der Waals surface area contributed by atoms with Gasteiger partial charge in [0.05, 0.1) is 7.11 Å². The fourth-order valence-corrected chi connectivity index (χ4v) is 3.48. The molecule has 0 bridgehead atoms. The SMILES string of the molecule is CCc1nsc(N2CCN(Cc3ccc(OC)c(F)c3)CC2)n1. The van der Waals surface area contributed by atoms with Crippen LogP contribution >= 0.6 is 11.5 Å². The van der Waals surface area contributed by atoms with Crippen molar-refractivity contribution in [2.45, 2.75) is 19.9 Å². The Morgan fingerprint density at radius 2 is 2.04 bits per heavy atom. The van der Waals surface area contributed by atoms with Crippen LogP contribution in [-0.2, 0) is 13.0 Å². The molecule has 0 unspecified atom stereocenters. The molecule has 0 atom stereocenters. The molecule has 5 nitrogen and oxygen atoms in total. The standard InChI is InChI=1S/C16H21FN4OS/c1-3-15-18-16(23-19-15)21-8-6-20(7-9-21)11-12-4-5-14(22-2)13(17)10-12/h4-5,10H,3,6-9,11H2,1-2H3. The molecule has 2 heterocycles. The lowest BCUT2D eigenvalue weighted by Gasteiger charge is -2.34. The van der Waals surface area contributed by atoms with E-state index in [1.807, 2.05) is 6.07 Å². The first-order valence-electron chi connectivity index (χ1n) is 7.82. The first kappa shape index (κ1) is 16.1. The minimum absolute atomic E-state index is 0.293. The molecule has 1 aliphatic heterocycles. The molecule has 0 N–H and O–H groups in total. The minimum atomic E-state index is -0.301. The molecule has 124 valence electrons. The van der Waals surface area contributed by atoms with Crippen molar-refractivity contribution in [3.63, 3.8) is 0 Å². The van der Waals surface area contributed by atoms with Gasteiger partial charge in [0.25, 0.3) is 0 Å². The Kier molecular flexibility index (Phi) is 5.07. The Balaban J connectivity index is 1.55. The van der Waals surface area contributed by atoms with Gasteiger partial charge in [0, 0.05) is 50.7 Å². The Morgan fingerprint density at radius 1 is 1.26 bits per heavy atom. The van der Waals surface area contributed by atoms with Gasteiger partial charge >= 0.3 is 0 Å². The van der Waals surface area contributed by atoms with Crippen LogP contribution in [0.15, 0.2) is 18.2 Å². The number of rotatable bonds is 5.